The van der Waals surface area contributed by atoms with E-state index >= 15 is 0 Å². The molecule has 0 aromatic heterocycles. The first kappa shape index (κ1) is 27.8. The second-order valence-electron chi connectivity index (χ2n) is 9.04. The van der Waals surface area contributed by atoms with Gasteiger partial charge in [-0.1, -0.05) is 43.3 Å². The predicted octanol–water partition coefficient (Wildman–Crippen LogP) is 5.76. The molecule has 7 heteroatoms. The number of hydrogen-bond acceptors (Lipinski definition) is 7. The average Bonchev–Trinajstić information content (AvgIpc) is 2.89. The van der Waals surface area contributed by atoms with Gasteiger partial charge in [-0.2, -0.15) is 0 Å². The Hall–Kier alpha value is -1.77. The minimum absolute atomic E-state index is 0.0485. The van der Waals surface area contributed by atoms with Gasteiger partial charge in [0.25, 0.3) is 0 Å². The Bertz CT molecular complexity index is 890. The largest absolute Gasteiger partial charge is 0.497 e. The van der Waals surface area contributed by atoms with Crippen molar-refractivity contribution >= 4 is 11.8 Å². The lowest BCUT2D eigenvalue weighted by atomic mass is 9.67. The van der Waals surface area contributed by atoms with Gasteiger partial charge >= 0.3 is 0 Å². The van der Waals surface area contributed by atoms with Gasteiger partial charge in [-0.15, -0.1) is 0 Å². The van der Waals surface area contributed by atoms with Gasteiger partial charge in [0.15, 0.2) is 6.79 Å². The van der Waals surface area contributed by atoms with E-state index in [4.69, 9.17) is 28.8 Å². The molecule has 0 radical (unpaired) electrons. The first-order valence-electron chi connectivity index (χ1n) is 12.4. The van der Waals surface area contributed by atoms with E-state index in [2.05, 4.69) is 37.3 Å². The van der Waals surface area contributed by atoms with Crippen LogP contribution in [0, 0.1) is 0 Å². The number of thioether (sulfide) groups is 1. The Kier molecular flexibility index (Phi) is 11.2. The molecule has 0 aliphatic carbocycles. The lowest BCUT2D eigenvalue weighted by molar-refractivity contribution is 0.0510. The van der Waals surface area contributed by atoms with Crippen LogP contribution in [0.25, 0.3) is 0 Å². The molecule has 35 heavy (non-hydrogen) atoms. The fourth-order valence-corrected chi connectivity index (χ4v) is 6.25. The van der Waals surface area contributed by atoms with Gasteiger partial charge in [0.1, 0.15) is 16.9 Å². The molecule has 1 aliphatic rings. The normalized spacial score (nSPS) is 21.5. The van der Waals surface area contributed by atoms with Crippen LogP contribution < -0.4 is 9.47 Å². The highest BCUT2D eigenvalue weighted by Gasteiger charge is 2.48. The maximum absolute atomic E-state index is 8.91. The predicted molar refractivity (Wildman–Crippen MR) is 140 cm³/mol. The molecule has 0 spiro atoms. The van der Waals surface area contributed by atoms with Crippen molar-refractivity contribution in [3.05, 3.63) is 53.6 Å². The third kappa shape index (κ3) is 6.92. The van der Waals surface area contributed by atoms with Crippen LogP contribution in [0.5, 0.6) is 11.5 Å². The summed E-state index contributed by atoms with van der Waals surface area (Å²) in [5.41, 5.74) is 2.29. The highest BCUT2D eigenvalue weighted by atomic mass is 32.2. The van der Waals surface area contributed by atoms with Crippen molar-refractivity contribution in [1.29, 1.82) is 0 Å². The molecule has 0 fully saturated rings. The lowest BCUT2D eigenvalue weighted by Gasteiger charge is -2.47. The van der Waals surface area contributed by atoms with Gasteiger partial charge < -0.3 is 28.8 Å². The number of hydrogen-bond donors (Lipinski definition) is 1. The number of ether oxygens (including phenoxy) is 5. The standard InChI is InChI=1S/C28H40O6S/c1-28(21-10-12-22(13-11-21)34-20-30-2)25(9-5-7-17-33-18-8-6-16-29)24-15-14-23(31-3)19-26(24)35-27(28)32-4/h10-15,19,25,27,29H,5-9,16-18,20H2,1-4H3. The molecule has 2 aromatic rings. The topological polar surface area (TPSA) is 66.4 Å². The van der Waals surface area contributed by atoms with Crippen LogP contribution in [0.2, 0.25) is 0 Å². The maximum Gasteiger partial charge on any atom is 0.188 e. The van der Waals surface area contributed by atoms with Crippen molar-refractivity contribution in [2.75, 3.05) is 47.9 Å². The van der Waals surface area contributed by atoms with E-state index in [9.17, 15) is 0 Å². The van der Waals surface area contributed by atoms with Crippen LogP contribution in [0.1, 0.15) is 56.1 Å². The SMILES string of the molecule is COCOc1ccc(C2(C)C(OC)Sc3cc(OC)ccc3C2CCCCOCCCCO)cc1. The summed E-state index contributed by atoms with van der Waals surface area (Å²) in [7, 11) is 5.13. The van der Waals surface area contributed by atoms with Crippen LogP contribution >= 0.6 is 11.8 Å². The van der Waals surface area contributed by atoms with Crippen LogP contribution in [0.15, 0.2) is 47.4 Å². The monoisotopic (exact) mass is 504 g/mol. The highest BCUT2D eigenvalue weighted by Crippen LogP contribution is 2.56. The number of unbranched alkanes of at least 4 members (excludes halogenated alkanes) is 2. The van der Waals surface area contributed by atoms with E-state index in [1.807, 2.05) is 12.1 Å². The lowest BCUT2D eigenvalue weighted by Crippen LogP contribution is -2.44. The minimum Gasteiger partial charge on any atom is -0.497 e. The van der Waals surface area contributed by atoms with Crippen molar-refractivity contribution < 1.29 is 28.8 Å². The zero-order valence-corrected chi connectivity index (χ0v) is 22.3. The summed E-state index contributed by atoms with van der Waals surface area (Å²) in [5.74, 6) is 1.93. The fourth-order valence-electron chi connectivity index (χ4n) is 4.85. The van der Waals surface area contributed by atoms with Crippen molar-refractivity contribution in [1.82, 2.24) is 0 Å². The summed E-state index contributed by atoms with van der Waals surface area (Å²) in [6, 6.07) is 14.7. The summed E-state index contributed by atoms with van der Waals surface area (Å²) in [4.78, 5) is 1.22. The van der Waals surface area contributed by atoms with Gasteiger partial charge in [0.2, 0.25) is 0 Å². The fraction of sp³-hybridized carbons (Fsp3) is 0.571. The maximum atomic E-state index is 8.91. The van der Waals surface area contributed by atoms with Crippen LogP contribution in [-0.2, 0) is 19.6 Å². The Balaban J connectivity index is 1.83. The summed E-state index contributed by atoms with van der Waals surface area (Å²) in [6.07, 6.45) is 4.79. The molecule has 0 amide bonds. The summed E-state index contributed by atoms with van der Waals surface area (Å²) >= 11 is 1.77. The highest BCUT2D eigenvalue weighted by molar-refractivity contribution is 8.00. The van der Waals surface area contributed by atoms with Gasteiger partial charge in [-0.05, 0) is 67.0 Å². The van der Waals surface area contributed by atoms with E-state index in [1.54, 1.807) is 33.1 Å². The first-order chi connectivity index (χ1) is 17.1. The Morgan fingerprint density at radius 2 is 1.63 bits per heavy atom. The quantitative estimate of drug-likeness (QED) is 0.244. The molecule has 0 saturated heterocycles. The second kappa shape index (κ2) is 14.1. The molecule has 0 saturated carbocycles. The smallest absolute Gasteiger partial charge is 0.188 e. The Labute approximate surface area is 214 Å². The molecule has 0 bridgehead atoms. The van der Waals surface area contributed by atoms with Crippen molar-refractivity contribution in [2.45, 2.75) is 60.7 Å². The van der Waals surface area contributed by atoms with Gasteiger partial charge in [-0.25, -0.2) is 0 Å². The molecule has 1 heterocycles. The van der Waals surface area contributed by atoms with E-state index in [1.165, 1.54) is 16.0 Å². The van der Waals surface area contributed by atoms with Gasteiger partial charge in [-0.3, -0.25) is 0 Å². The van der Waals surface area contributed by atoms with Gasteiger partial charge in [0.05, 0.1) is 7.11 Å². The molecule has 3 rings (SSSR count). The minimum atomic E-state index is -0.233. The van der Waals surface area contributed by atoms with Crippen molar-refractivity contribution in [3.63, 3.8) is 0 Å². The number of fused-ring (bicyclic) bond motifs is 1. The van der Waals surface area contributed by atoms with Gasteiger partial charge in [0, 0.05) is 44.4 Å². The van der Waals surface area contributed by atoms with Crippen LogP contribution in [0.3, 0.4) is 0 Å². The zero-order valence-electron chi connectivity index (χ0n) is 21.5. The van der Waals surface area contributed by atoms with E-state index < -0.39 is 0 Å². The average molecular weight is 505 g/mol. The Morgan fingerprint density at radius 1 is 0.914 bits per heavy atom. The molecule has 3 unspecified atom stereocenters. The van der Waals surface area contributed by atoms with E-state index in [0.717, 1.165) is 50.2 Å². The van der Waals surface area contributed by atoms with Crippen molar-refractivity contribution in [3.8, 4) is 11.5 Å². The summed E-state index contributed by atoms with van der Waals surface area (Å²) in [5, 5.41) is 8.91. The molecule has 3 atom stereocenters. The number of rotatable bonds is 15. The van der Waals surface area contributed by atoms with Crippen LogP contribution in [0.4, 0.5) is 0 Å². The zero-order chi connectivity index (χ0) is 25.1. The third-order valence-corrected chi connectivity index (χ3v) is 8.31. The third-order valence-electron chi connectivity index (χ3n) is 6.81. The number of methoxy groups -OCH3 is 3. The molecule has 194 valence electrons. The first-order valence-corrected chi connectivity index (χ1v) is 13.2. The Morgan fingerprint density at radius 3 is 2.29 bits per heavy atom. The number of benzene rings is 2. The second-order valence-corrected chi connectivity index (χ2v) is 10.1. The molecule has 6 nitrogen and oxygen atoms in total. The summed E-state index contributed by atoms with van der Waals surface area (Å²) in [6.45, 7) is 4.24. The number of aliphatic hydroxyl groups excluding tert-OH is 1. The molecule has 2 aromatic carbocycles. The molecule has 1 aliphatic heterocycles. The molecule has 1 N–H and O–H groups in total. The summed E-state index contributed by atoms with van der Waals surface area (Å²) < 4.78 is 28.1. The molecular formula is C28H40O6S. The van der Waals surface area contributed by atoms with Crippen molar-refractivity contribution in [2.24, 2.45) is 0 Å². The molecular weight excluding hydrogens is 464 g/mol. The van der Waals surface area contributed by atoms with E-state index in [-0.39, 0.29) is 30.2 Å². The van der Waals surface area contributed by atoms with E-state index in [0.29, 0.717) is 6.61 Å². The van der Waals surface area contributed by atoms with Crippen LogP contribution in [-0.4, -0.2) is 58.5 Å². The number of aliphatic hydroxyl groups is 1.